The van der Waals surface area contributed by atoms with E-state index in [0.717, 1.165) is 0 Å². The molecule has 0 atom stereocenters. The fourth-order valence-electron chi connectivity index (χ4n) is 0. The molecule has 0 bridgehead atoms. The van der Waals surface area contributed by atoms with Crippen molar-refractivity contribution in [3.8, 4) is 0 Å². The third kappa shape index (κ3) is 41.7. The third-order valence-electron chi connectivity index (χ3n) is 0. The summed E-state index contributed by atoms with van der Waals surface area (Å²) in [6, 6.07) is 0. The Morgan fingerprint density at radius 1 is 1.00 bits per heavy atom. The normalized spacial score (nSPS) is 0.800. The van der Waals surface area contributed by atoms with Crippen LogP contribution in [0.25, 0.3) is 0 Å². The third-order valence-corrected chi connectivity index (χ3v) is 0. The summed E-state index contributed by atoms with van der Waals surface area (Å²) >= 11 is 0.500. The Hall–Kier alpha value is 1.07. The van der Waals surface area contributed by atoms with Crippen LogP contribution in [0.4, 0.5) is 0 Å². The van der Waals surface area contributed by atoms with E-state index in [4.69, 9.17) is 3.02 Å². The van der Waals surface area contributed by atoms with Crippen molar-refractivity contribution >= 4 is 40.4 Å². The van der Waals surface area contributed by atoms with Crippen molar-refractivity contribution in [3.63, 3.8) is 0 Å². The van der Waals surface area contributed by atoms with E-state index in [9.17, 15) is 0 Å². The van der Waals surface area contributed by atoms with Crippen molar-refractivity contribution in [2.75, 3.05) is 0 Å². The molecule has 5 heteroatoms. The van der Waals surface area contributed by atoms with Gasteiger partial charge in [0.2, 0.25) is 0 Å². The molecule has 0 spiro atoms. The number of hydrogen-bond acceptors (Lipinski definition) is 1. The fourth-order valence-corrected chi connectivity index (χ4v) is 0. The molecule has 0 N–H and O–H groups in total. The van der Waals surface area contributed by atoms with Crippen LogP contribution in [0.1, 0.15) is 0 Å². The zero-order valence-electron chi connectivity index (χ0n) is 2.25. The predicted molar refractivity (Wildman–Crippen MR) is 13.6 cm³/mol. The molecule has 0 saturated heterocycles. The predicted octanol–water partition coefficient (Wildman–Crippen LogP) is -1.12. The molecule has 0 fully saturated rings. The van der Waals surface area contributed by atoms with Crippen LogP contribution in [-0.4, -0.2) is 40.4 Å². The SMILES string of the molecule is [Al+3].[O-2].[O-2].[O]=[Sb+]. The molecule has 0 aromatic carbocycles. The van der Waals surface area contributed by atoms with Gasteiger partial charge in [0, 0.05) is 0 Å². The molecule has 0 unspecified atom stereocenters. The molecule has 0 aromatic rings. The van der Waals surface area contributed by atoms with Crippen LogP contribution in [0.15, 0.2) is 0 Å². The van der Waals surface area contributed by atoms with Crippen LogP contribution < -0.4 is 0 Å². The van der Waals surface area contributed by atoms with Gasteiger partial charge in [0.15, 0.2) is 0 Å². The molecule has 0 aliphatic heterocycles. The maximum absolute atomic E-state index is 8.30. The Morgan fingerprint density at radius 3 is 1.00 bits per heavy atom. The molecule has 3 nitrogen and oxygen atoms in total. The van der Waals surface area contributed by atoms with Gasteiger partial charge in [0.25, 0.3) is 0 Å². The van der Waals surface area contributed by atoms with E-state index >= 15 is 0 Å². The summed E-state index contributed by atoms with van der Waals surface area (Å²) in [6.07, 6.45) is 0. The zero-order chi connectivity index (χ0) is 2.00. The van der Waals surface area contributed by atoms with Crippen LogP contribution in [-0.2, 0) is 14.0 Å². The Bertz CT molecular complexity index is 6.85. The van der Waals surface area contributed by atoms with Gasteiger partial charge in [0.05, 0.1) is 0 Å². The molecular weight excluding hydrogens is 197 g/mol. The van der Waals surface area contributed by atoms with Crippen molar-refractivity contribution in [1.82, 2.24) is 0 Å². The molecule has 26 valence electrons. The Morgan fingerprint density at radius 2 is 1.00 bits per heavy atom. The molecule has 0 aliphatic rings. The first kappa shape index (κ1) is 36.4. The second kappa shape index (κ2) is 73.3. The van der Waals surface area contributed by atoms with Gasteiger partial charge in [-0.2, -0.15) is 0 Å². The summed E-state index contributed by atoms with van der Waals surface area (Å²) in [7, 11) is 0. The van der Waals surface area contributed by atoms with Crippen molar-refractivity contribution in [2.24, 2.45) is 0 Å². The van der Waals surface area contributed by atoms with Crippen molar-refractivity contribution in [2.45, 2.75) is 0 Å². The van der Waals surface area contributed by atoms with Crippen LogP contribution in [0.2, 0.25) is 0 Å². The summed E-state index contributed by atoms with van der Waals surface area (Å²) < 4.78 is 8.30. The number of rotatable bonds is 0. The van der Waals surface area contributed by atoms with Gasteiger partial charge in [-0.25, -0.2) is 0 Å². The first-order chi connectivity index (χ1) is 1.00. The monoisotopic (exact) mass is 196 g/mol. The minimum atomic E-state index is 0. The van der Waals surface area contributed by atoms with E-state index in [-0.39, 0.29) is 28.3 Å². The second-order valence-corrected chi connectivity index (χ2v) is 0. The average Bonchev–Trinajstić information content (AvgIpc) is 1.00. The van der Waals surface area contributed by atoms with Gasteiger partial charge in [-0.05, 0) is 0 Å². The van der Waals surface area contributed by atoms with Crippen LogP contribution in [0.3, 0.4) is 0 Å². The van der Waals surface area contributed by atoms with Crippen molar-refractivity contribution < 1.29 is 14.0 Å². The van der Waals surface area contributed by atoms with E-state index in [1.54, 1.807) is 0 Å². The van der Waals surface area contributed by atoms with Gasteiger partial charge >= 0.3 is 43.4 Å². The Balaban J connectivity index is -0.00000000167. The van der Waals surface area contributed by atoms with Gasteiger partial charge in [0.1, 0.15) is 0 Å². The van der Waals surface area contributed by atoms with Crippen LogP contribution in [0.5, 0.6) is 0 Å². The van der Waals surface area contributed by atoms with Gasteiger partial charge in [-0.1, -0.05) is 0 Å². The summed E-state index contributed by atoms with van der Waals surface area (Å²) in [4.78, 5) is 0. The molecule has 0 aromatic heterocycles. The van der Waals surface area contributed by atoms with Gasteiger partial charge in [-0.15, -0.1) is 0 Å². The van der Waals surface area contributed by atoms with Crippen molar-refractivity contribution in [1.29, 1.82) is 0 Å². The standard InChI is InChI=1S/Al.3O.Sb/q+3;;2*-2;+1. The second-order valence-electron chi connectivity index (χ2n) is 0. The van der Waals surface area contributed by atoms with Crippen molar-refractivity contribution in [3.05, 3.63) is 0 Å². The quantitative estimate of drug-likeness (QED) is 0.453. The summed E-state index contributed by atoms with van der Waals surface area (Å²) in [6.45, 7) is 0. The summed E-state index contributed by atoms with van der Waals surface area (Å²) in [5.74, 6) is 0. The van der Waals surface area contributed by atoms with E-state index in [1.807, 2.05) is 0 Å². The topological polar surface area (TPSA) is 74.1 Å². The molecule has 2 radical (unpaired) electrons. The summed E-state index contributed by atoms with van der Waals surface area (Å²) in [5, 5.41) is 0. The van der Waals surface area contributed by atoms with Gasteiger partial charge in [-0.3, -0.25) is 0 Å². The maximum atomic E-state index is 8.30. The van der Waals surface area contributed by atoms with E-state index in [1.165, 1.54) is 0 Å². The molecule has 0 heterocycles. The molecule has 0 saturated carbocycles. The van der Waals surface area contributed by atoms with Gasteiger partial charge < -0.3 is 11.0 Å². The minimum absolute atomic E-state index is 0. The Kier molecular flexibility index (Phi) is 534. The first-order valence-electron chi connectivity index (χ1n) is 0.183. The molecule has 0 rings (SSSR count). The number of hydrogen-bond donors (Lipinski definition) is 0. The summed E-state index contributed by atoms with van der Waals surface area (Å²) in [5.41, 5.74) is 0. The average molecular weight is 197 g/mol. The molecule has 0 aliphatic carbocycles. The first-order valence-corrected chi connectivity index (χ1v) is 1.22. The Labute approximate surface area is 54.4 Å². The van der Waals surface area contributed by atoms with Crippen LogP contribution in [0, 0.1) is 0 Å². The molecule has 0 amide bonds. The fraction of sp³-hybridized carbons (Fsp3) is 0. The van der Waals surface area contributed by atoms with E-state index in [2.05, 4.69) is 0 Å². The molecule has 5 heavy (non-hydrogen) atoms. The van der Waals surface area contributed by atoms with E-state index < -0.39 is 0 Å². The molecular formula is AlO3Sb. The van der Waals surface area contributed by atoms with Crippen LogP contribution >= 0.6 is 0 Å². The zero-order valence-corrected chi connectivity index (χ0v) is 5.96. The van der Waals surface area contributed by atoms with E-state index in [0.29, 0.717) is 23.0 Å².